The van der Waals surface area contributed by atoms with E-state index in [-0.39, 0.29) is 11.8 Å². The third-order valence-corrected chi connectivity index (χ3v) is 5.90. The fourth-order valence-corrected chi connectivity index (χ4v) is 4.13. The Morgan fingerprint density at radius 3 is 2.41 bits per heavy atom. The molecule has 2 heterocycles. The van der Waals surface area contributed by atoms with Gasteiger partial charge in [-0.15, -0.1) is 21.5 Å². The number of hydrogen-bond donors (Lipinski definition) is 2. The Morgan fingerprint density at radius 1 is 0.828 bits per heavy atom. The summed E-state index contributed by atoms with van der Waals surface area (Å²) in [5, 5.41) is 14.9. The fraction of sp³-hybridized carbons (Fsp3) is 0.0476. The molecule has 0 bridgehead atoms. The van der Waals surface area contributed by atoms with Crippen LogP contribution in [-0.2, 0) is 0 Å². The largest absolute Gasteiger partial charge is 0.321 e. The van der Waals surface area contributed by atoms with E-state index in [0.717, 1.165) is 15.4 Å². The molecule has 0 fully saturated rings. The van der Waals surface area contributed by atoms with Gasteiger partial charge in [0, 0.05) is 21.7 Å². The lowest BCUT2D eigenvalue weighted by Crippen LogP contribution is -2.14. The minimum absolute atomic E-state index is 0.197. The van der Waals surface area contributed by atoms with Gasteiger partial charge in [0.2, 0.25) is 5.13 Å². The zero-order valence-electron chi connectivity index (χ0n) is 15.4. The monoisotopic (exact) mass is 420 g/mol. The van der Waals surface area contributed by atoms with Crippen LogP contribution < -0.4 is 10.6 Å². The van der Waals surface area contributed by atoms with Crippen LogP contribution in [-0.4, -0.2) is 22.0 Å². The van der Waals surface area contributed by atoms with Gasteiger partial charge >= 0.3 is 0 Å². The van der Waals surface area contributed by atoms with E-state index < -0.39 is 0 Å². The third-order valence-electron chi connectivity index (χ3n) is 4.01. The van der Waals surface area contributed by atoms with Crippen LogP contribution >= 0.6 is 22.7 Å². The number of carbonyl (C=O) groups is 2. The summed E-state index contributed by atoms with van der Waals surface area (Å²) in [4.78, 5) is 26.6. The number of aromatic nitrogens is 2. The molecule has 2 N–H and O–H groups in total. The number of nitrogens with zero attached hydrogens (tertiary/aromatic N) is 2. The van der Waals surface area contributed by atoms with Crippen LogP contribution in [0.15, 0.2) is 66.7 Å². The highest BCUT2D eigenvalue weighted by molar-refractivity contribution is 7.18. The SMILES string of the molecule is Cc1ccc(C(=O)Nc2cccc(C(=O)Nc3nnc(-c4ccccc4)s3)c2)s1. The molecule has 0 saturated heterocycles. The van der Waals surface area contributed by atoms with E-state index in [9.17, 15) is 9.59 Å². The van der Waals surface area contributed by atoms with Crippen LogP contribution in [0.4, 0.5) is 10.8 Å². The number of anilines is 2. The predicted molar refractivity (Wildman–Crippen MR) is 117 cm³/mol. The summed E-state index contributed by atoms with van der Waals surface area (Å²) in [7, 11) is 0. The van der Waals surface area contributed by atoms with Crippen molar-refractivity contribution in [3.63, 3.8) is 0 Å². The molecule has 4 aromatic rings. The number of hydrogen-bond acceptors (Lipinski definition) is 6. The van der Waals surface area contributed by atoms with E-state index in [1.165, 1.54) is 22.7 Å². The first-order valence-electron chi connectivity index (χ1n) is 8.76. The van der Waals surface area contributed by atoms with Gasteiger partial charge in [-0.3, -0.25) is 14.9 Å². The molecule has 29 heavy (non-hydrogen) atoms. The van der Waals surface area contributed by atoms with E-state index >= 15 is 0 Å². The van der Waals surface area contributed by atoms with E-state index in [2.05, 4.69) is 20.8 Å². The van der Waals surface area contributed by atoms with Gasteiger partial charge in [-0.2, -0.15) is 0 Å². The summed E-state index contributed by atoms with van der Waals surface area (Å²) in [5.41, 5.74) is 1.91. The first-order valence-corrected chi connectivity index (χ1v) is 10.4. The number of amides is 2. The second kappa shape index (κ2) is 8.34. The Hall–Kier alpha value is -3.36. The molecule has 0 spiro atoms. The van der Waals surface area contributed by atoms with Crippen molar-refractivity contribution >= 4 is 45.3 Å². The molecule has 0 aliphatic rings. The summed E-state index contributed by atoms with van der Waals surface area (Å²) in [6.07, 6.45) is 0. The van der Waals surface area contributed by atoms with Gasteiger partial charge in [-0.05, 0) is 37.3 Å². The van der Waals surface area contributed by atoms with E-state index in [4.69, 9.17) is 0 Å². The number of aryl methyl sites for hydroxylation is 1. The molecule has 6 nitrogen and oxygen atoms in total. The van der Waals surface area contributed by atoms with Crippen molar-refractivity contribution in [1.29, 1.82) is 0 Å². The smallest absolute Gasteiger partial charge is 0.265 e. The number of rotatable bonds is 5. The van der Waals surface area contributed by atoms with Gasteiger partial charge in [0.1, 0.15) is 5.01 Å². The summed E-state index contributed by atoms with van der Waals surface area (Å²) in [6, 6.07) is 20.1. The van der Waals surface area contributed by atoms with Gasteiger partial charge in [0.25, 0.3) is 11.8 Å². The lowest BCUT2D eigenvalue weighted by Gasteiger charge is -2.06. The van der Waals surface area contributed by atoms with Crippen molar-refractivity contribution in [1.82, 2.24) is 10.2 Å². The Bertz CT molecular complexity index is 1170. The maximum absolute atomic E-state index is 12.6. The average Bonchev–Trinajstić information content (AvgIpc) is 3.38. The van der Waals surface area contributed by atoms with Crippen molar-refractivity contribution < 1.29 is 9.59 Å². The van der Waals surface area contributed by atoms with Crippen LogP contribution in [0.1, 0.15) is 24.9 Å². The normalized spacial score (nSPS) is 10.5. The second-order valence-corrected chi connectivity index (χ2v) is 8.44. The molecule has 2 aromatic heterocycles. The van der Waals surface area contributed by atoms with E-state index in [0.29, 0.717) is 21.3 Å². The van der Waals surface area contributed by atoms with Crippen LogP contribution in [0.2, 0.25) is 0 Å². The first kappa shape index (κ1) is 19.0. The van der Waals surface area contributed by atoms with Gasteiger partial charge in [-0.1, -0.05) is 47.7 Å². The lowest BCUT2D eigenvalue weighted by molar-refractivity contribution is 0.101. The summed E-state index contributed by atoms with van der Waals surface area (Å²) < 4.78 is 0. The quantitative estimate of drug-likeness (QED) is 0.472. The number of benzene rings is 2. The number of carbonyl (C=O) groups excluding carboxylic acids is 2. The van der Waals surface area contributed by atoms with Gasteiger partial charge in [0.15, 0.2) is 0 Å². The van der Waals surface area contributed by atoms with E-state index in [1.807, 2.05) is 43.3 Å². The highest BCUT2D eigenvalue weighted by Gasteiger charge is 2.13. The molecule has 0 saturated carbocycles. The fourth-order valence-electron chi connectivity index (χ4n) is 2.63. The molecule has 0 atom stereocenters. The van der Waals surface area contributed by atoms with E-state index in [1.54, 1.807) is 30.3 Å². The molecule has 0 aliphatic carbocycles. The Kier molecular flexibility index (Phi) is 5.46. The Morgan fingerprint density at radius 2 is 1.66 bits per heavy atom. The summed E-state index contributed by atoms with van der Waals surface area (Å²) in [6.45, 7) is 1.95. The van der Waals surface area contributed by atoms with Crippen LogP contribution in [0.3, 0.4) is 0 Å². The molecule has 4 rings (SSSR count). The first-order chi connectivity index (χ1) is 14.1. The highest BCUT2D eigenvalue weighted by Crippen LogP contribution is 2.26. The summed E-state index contributed by atoms with van der Waals surface area (Å²) in [5.74, 6) is -0.513. The zero-order chi connectivity index (χ0) is 20.2. The van der Waals surface area contributed by atoms with Gasteiger partial charge in [0.05, 0.1) is 4.88 Å². The van der Waals surface area contributed by atoms with Gasteiger partial charge in [-0.25, -0.2) is 0 Å². The summed E-state index contributed by atoms with van der Waals surface area (Å²) >= 11 is 2.72. The highest BCUT2D eigenvalue weighted by atomic mass is 32.1. The lowest BCUT2D eigenvalue weighted by atomic mass is 10.2. The van der Waals surface area contributed by atoms with Crippen molar-refractivity contribution in [3.8, 4) is 10.6 Å². The third kappa shape index (κ3) is 4.56. The molecular formula is C21H16N4O2S2. The predicted octanol–water partition coefficient (Wildman–Crippen LogP) is 5.08. The number of nitrogens with one attached hydrogen (secondary N) is 2. The molecule has 0 radical (unpaired) electrons. The molecule has 144 valence electrons. The maximum Gasteiger partial charge on any atom is 0.265 e. The average molecular weight is 421 g/mol. The van der Waals surface area contributed by atoms with Crippen molar-refractivity contribution in [2.75, 3.05) is 10.6 Å². The zero-order valence-corrected chi connectivity index (χ0v) is 17.0. The minimum Gasteiger partial charge on any atom is -0.321 e. The molecule has 2 aromatic carbocycles. The standard InChI is InChI=1S/C21H16N4O2S2/c1-13-10-11-17(28-13)19(27)22-16-9-5-8-15(12-16)18(26)23-21-25-24-20(29-21)14-6-3-2-4-7-14/h2-12H,1H3,(H,22,27)(H,23,25,26). The molecule has 0 aliphatic heterocycles. The second-order valence-electron chi connectivity index (χ2n) is 6.18. The Labute approximate surface area is 175 Å². The van der Waals surface area contributed by atoms with Crippen molar-refractivity contribution in [3.05, 3.63) is 82.0 Å². The molecule has 2 amide bonds. The van der Waals surface area contributed by atoms with Gasteiger partial charge < -0.3 is 5.32 Å². The number of thiophene rings is 1. The van der Waals surface area contributed by atoms with Crippen LogP contribution in [0.5, 0.6) is 0 Å². The molecular weight excluding hydrogens is 404 g/mol. The molecule has 8 heteroatoms. The molecule has 0 unspecified atom stereocenters. The van der Waals surface area contributed by atoms with Crippen LogP contribution in [0, 0.1) is 6.92 Å². The van der Waals surface area contributed by atoms with Crippen LogP contribution in [0.25, 0.3) is 10.6 Å². The Balaban J connectivity index is 1.45. The minimum atomic E-state index is -0.316. The van der Waals surface area contributed by atoms with Crippen molar-refractivity contribution in [2.24, 2.45) is 0 Å². The topological polar surface area (TPSA) is 84.0 Å². The maximum atomic E-state index is 12.6. The van der Waals surface area contributed by atoms with Crippen molar-refractivity contribution in [2.45, 2.75) is 6.92 Å².